The van der Waals surface area contributed by atoms with E-state index in [4.69, 9.17) is 9.15 Å². The second-order valence-corrected chi connectivity index (χ2v) is 8.84. The predicted molar refractivity (Wildman–Crippen MR) is 128 cm³/mol. The Morgan fingerprint density at radius 1 is 1.09 bits per heavy atom. The first kappa shape index (κ1) is 20.6. The van der Waals surface area contributed by atoms with Gasteiger partial charge in [-0.25, -0.2) is 9.37 Å². The summed E-state index contributed by atoms with van der Waals surface area (Å²) in [6, 6.07) is 17.3. The largest absolute Gasteiger partial charge is 0.494 e. The summed E-state index contributed by atoms with van der Waals surface area (Å²) in [6.07, 6.45) is 0. The molecule has 1 amide bonds. The van der Waals surface area contributed by atoms with Crippen LogP contribution in [-0.2, 0) is 0 Å². The average molecular weight is 472 g/mol. The van der Waals surface area contributed by atoms with Crippen LogP contribution in [0.4, 0.5) is 9.52 Å². The maximum atomic E-state index is 15.0. The van der Waals surface area contributed by atoms with Crippen molar-refractivity contribution in [2.75, 3.05) is 11.5 Å². The van der Waals surface area contributed by atoms with Crippen LogP contribution in [0.1, 0.15) is 34.6 Å². The summed E-state index contributed by atoms with van der Waals surface area (Å²) in [5.74, 6) is -0.457. The molecule has 0 bridgehead atoms. The normalized spacial score (nSPS) is 15.3. The van der Waals surface area contributed by atoms with Gasteiger partial charge in [-0.15, -0.1) is 0 Å². The minimum atomic E-state index is -1.00. The van der Waals surface area contributed by atoms with Crippen molar-refractivity contribution in [2.24, 2.45) is 0 Å². The first-order chi connectivity index (χ1) is 16.6. The van der Waals surface area contributed by atoms with Gasteiger partial charge in [0, 0.05) is 5.56 Å². The number of anilines is 1. The van der Waals surface area contributed by atoms with Crippen molar-refractivity contribution in [3.05, 3.63) is 99.7 Å². The van der Waals surface area contributed by atoms with Crippen LogP contribution in [0.15, 0.2) is 75.9 Å². The number of amides is 1. The van der Waals surface area contributed by atoms with Gasteiger partial charge in [-0.3, -0.25) is 14.5 Å². The molecular formula is C26H17FN2O4S. The lowest BCUT2D eigenvalue weighted by molar-refractivity contribution is 0.0971. The molecule has 0 spiro atoms. The number of carbonyl (C=O) groups is 1. The fourth-order valence-corrected chi connectivity index (χ4v) is 5.38. The molecule has 6 rings (SSSR count). The van der Waals surface area contributed by atoms with Gasteiger partial charge in [0.2, 0.25) is 5.76 Å². The van der Waals surface area contributed by atoms with E-state index in [1.165, 1.54) is 22.3 Å². The first-order valence-corrected chi connectivity index (χ1v) is 11.6. The van der Waals surface area contributed by atoms with Gasteiger partial charge in [-0.05, 0) is 43.3 Å². The van der Waals surface area contributed by atoms with Crippen LogP contribution in [0.2, 0.25) is 0 Å². The number of hydrogen-bond acceptors (Lipinski definition) is 6. The van der Waals surface area contributed by atoms with Gasteiger partial charge in [0.15, 0.2) is 10.6 Å². The quantitative estimate of drug-likeness (QED) is 0.336. The van der Waals surface area contributed by atoms with Crippen LogP contribution in [-0.4, -0.2) is 17.5 Å². The molecule has 1 aliphatic rings. The summed E-state index contributed by atoms with van der Waals surface area (Å²) in [5.41, 5.74) is 0.929. The Hall–Kier alpha value is -4.04. The summed E-state index contributed by atoms with van der Waals surface area (Å²) in [6.45, 7) is 2.42. The Labute approximate surface area is 196 Å². The molecule has 6 nitrogen and oxygen atoms in total. The average Bonchev–Trinajstić information content (AvgIpc) is 3.38. The van der Waals surface area contributed by atoms with E-state index in [9.17, 15) is 9.59 Å². The molecule has 34 heavy (non-hydrogen) atoms. The third-order valence-corrected chi connectivity index (χ3v) is 6.86. The van der Waals surface area contributed by atoms with E-state index in [-0.39, 0.29) is 22.3 Å². The fourth-order valence-electron chi connectivity index (χ4n) is 4.36. The third kappa shape index (κ3) is 3.03. The number of aromatic nitrogens is 1. The van der Waals surface area contributed by atoms with E-state index < -0.39 is 17.8 Å². The van der Waals surface area contributed by atoms with Crippen LogP contribution in [0.3, 0.4) is 0 Å². The zero-order chi connectivity index (χ0) is 23.4. The highest BCUT2D eigenvalue weighted by molar-refractivity contribution is 7.22. The van der Waals surface area contributed by atoms with E-state index in [2.05, 4.69) is 4.98 Å². The lowest BCUT2D eigenvalue weighted by Gasteiger charge is -2.22. The number of benzene rings is 3. The minimum Gasteiger partial charge on any atom is -0.494 e. The Balaban J connectivity index is 1.61. The maximum Gasteiger partial charge on any atom is 0.297 e. The van der Waals surface area contributed by atoms with Crippen molar-refractivity contribution < 1.29 is 18.3 Å². The van der Waals surface area contributed by atoms with Gasteiger partial charge in [0.25, 0.3) is 5.91 Å². The Morgan fingerprint density at radius 2 is 1.88 bits per heavy atom. The number of thiazole rings is 1. The molecule has 3 aromatic carbocycles. The molecule has 1 aliphatic heterocycles. The zero-order valence-electron chi connectivity index (χ0n) is 17.9. The standard InChI is InChI=1S/C26H17FN2O4S/c1-2-32-14-11-12-18-20(13-14)34-26(28-18)29-22(15-7-3-5-9-17(15)27)21-23(30)16-8-4-6-10-19(16)33-24(21)25(29)31/h3-13,22H,2H2,1H3/t22-/m1/s1. The Kier molecular flexibility index (Phi) is 4.70. The van der Waals surface area contributed by atoms with Crippen LogP contribution < -0.4 is 15.1 Å². The Bertz CT molecular complexity index is 1660. The van der Waals surface area contributed by atoms with Gasteiger partial charge in [0.05, 0.1) is 27.8 Å². The summed E-state index contributed by atoms with van der Waals surface area (Å²) in [4.78, 5) is 33.2. The highest BCUT2D eigenvalue weighted by Crippen LogP contribution is 2.44. The molecule has 0 saturated heterocycles. The van der Waals surface area contributed by atoms with Gasteiger partial charge in [0.1, 0.15) is 23.2 Å². The minimum absolute atomic E-state index is 0.0915. The summed E-state index contributed by atoms with van der Waals surface area (Å²) >= 11 is 1.27. The second-order valence-electron chi connectivity index (χ2n) is 7.83. The predicted octanol–water partition coefficient (Wildman–Crippen LogP) is 5.69. The first-order valence-electron chi connectivity index (χ1n) is 10.7. The summed E-state index contributed by atoms with van der Waals surface area (Å²) < 4.78 is 27.3. The van der Waals surface area contributed by atoms with Crippen LogP contribution in [0.5, 0.6) is 5.75 Å². The number of nitrogens with zero attached hydrogens (tertiary/aromatic N) is 2. The molecule has 0 N–H and O–H groups in total. The van der Waals surface area contributed by atoms with Crippen molar-refractivity contribution >= 4 is 43.6 Å². The smallest absolute Gasteiger partial charge is 0.297 e. The highest BCUT2D eigenvalue weighted by Gasteiger charge is 2.45. The molecule has 8 heteroatoms. The van der Waals surface area contributed by atoms with Gasteiger partial charge < -0.3 is 9.15 Å². The molecule has 0 unspecified atom stereocenters. The van der Waals surface area contributed by atoms with Crippen LogP contribution >= 0.6 is 11.3 Å². The molecule has 0 saturated carbocycles. The molecular weight excluding hydrogens is 455 g/mol. The second kappa shape index (κ2) is 7.78. The highest BCUT2D eigenvalue weighted by atomic mass is 32.1. The van der Waals surface area contributed by atoms with Gasteiger partial charge >= 0.3 is 0 Å². The van der Waals surface area contributed by atoms with Crippen molar-refractivity contribution in [2.45, 2.75) is 13.0 Å². The SMILES string of the molecule is CCOc1ccc2nc(N3C(=O)c4oc5ccccc5c(=O)c4[C@H]3c3ccccc3F)sc2c1. The van der Waals surface area contributed by atoms with Gasteiger partial charge in [-0.2, -0.15) is 0 Å². The van der Waals surface area contributed by atoms with Crippen molar-refractivity contribution in [3.8, 4) is 5.75 Å². The molecule has 0 radical (unpaired) electrons. The number of ether oxygens (including phenoxy) is 1. The van der Waals surface area contributed by atoms with Crippen molar-refractivity contribution in [3.63, 3.8) is 0 Å². The lowest BCUT2D eigenvalue weighted by Crippen LogP contribution is -2.30. The zero-order valence-corrected chi connectivity index (χ0v) is 18.8. The monoisotopic (exact) mass is 472 g/mol. The topological polar surface area (TPSA) is 72.6 Å². The van der Waals surface area contributed by atoms with E-state index in [0.717, 1.165) is 4.70 Å². The molecule has 0 aliphatic carbocycles. The van der Waals surface area contributed by atoms with Crippen molar-refractivity contribution in [1.29, 1.82) is 0 Å². The van der Waals surface area contributed by atoms with E-state index in [0.29, 0.717) is 34.0 Å². The summed E-state index contributed by atoms with van der Waals surface area (Å²) in [5, 5.41) is 0.680. The van der Waals surface area contributed by atoms with E-state index >= 15 is 4.39 Å². The van der Waals surface area contributed by atoms with Crippen molar-refractivity contribution in [1.82, 2.24) is 4.98 Å². The molecule has 168 valence electrons. The number of halogens is 1. The van der Waals surface area contributed by atoms with Gasteiger partial charge in [-0.1, -0.05) is 41.7 Å². The lowest BCUT2D eigenvalue weighted by atomic mass is 9.98. The number of rotatable bonds is 4. The van der Waals surface area contributed by atoms with Crippen LogP contribution in [0.25, 0.3) is 21.2 Å². The van der Waals surface area contributed by atoms with E-state index in [1.807, 2.05) is 25.1 Å². The molecule has 2 aromatic heterocycles. The molecule has 1 atom stereocenters. The van der Waals surface area contributed by atoms with Crippen LogP contribution in [0, 0.1) is 5.82 Å². The molecule has 5 aromatic rings. The number of para-hydroxylation sites is 1. The Morgan fingerprint density at radius 3 is 2.71 bits per heavy atom. The summed E-state index contributed by atoms with van der Waals surface area (Å²) in [7, 11) is 0. The molecule has 3 heterocycles. The number of carbonyl (C=O) groups excluding carboxylic acids is 1. The maximum absolute atomic E-state index is 15.0. The number of fused-ring (bicyclic) bond motifs is 3. The third-order valence-electron chi connectivity index (χ3n) is 5.84. The van der Waals surface area contributed by atoms with E-state index in [1.54, 1.807) is 42.5 Å². The fraction of sp³-hybridized carbons (Fsp3) is 0.115. The molecule has 0 fully saturated rings. The number of hydrogen-bond donors (Lipinski definition) is 0.